The van der Waals surface area contributed by atoms with Crippen molar-refractivity contribution in [3.8, 4) is 5.75 Å². The number of fused-ring (bicyclic) bond motifs is 1. The lowest BCUT2D eigenvalue weighted by Crippen LogP contribution is -2.02. The van der Waals surface area contributed by atoms with Crippen LogP contribution >= 0.6 is 0 Å². The van der Waals surface area contributed by atoms with Gasteiger partial charge in [-0.05, 0) is 22.4 Å². The maximum absolute atomic E-state index is 11.5. The van der Waals surface area contributed by atoms with Gasteiger partial charge in [0.25, 0.3) is 0 Å². The fourth-order valence-electron chi connectivity index (χ4n) is 2.48. The minimum atomic E-state index is -0.444. The highest BCUT2D eigenvalue weighted by Crippen LogP contribution is 2.31. The average Bonchev–Trinajstić information content (AvgIpc) is 2.50. The second-order valence-corrected chi connectivity index (χ2v) is 4.78. The molecule has 3 aromatic rings. The molecule has 3 rings (SSSR count). The topological polar surface area (TPSA) is 37.3 Å². The van der Waals surface area contributed by atoms with Gasteiger partial charge in [-0.3, -0.25) is 0 Å². The number of phenols is 1. The summed E-state index contributed by atoms with van der Waals surface area (Å²) in [6.45, 7) is 0. The minimum absolute atomic E-state index is 0.151. The van der Waals surface area contributed by atoms with E-state index >= 15 is 0 Å². The van der Waals surface area contributed by atoms with Crippen LogP contribution in [0.5, 0.6) is 5.75 Å². The Morgan fingerprint density at radius 3 is 2.30 bits per heavy atom. The molecule has 98 valence electrons. The molecule has 1 unspecified atom stereocenters. The van der Waals surface area contributed by atoms with Crippen molar-refractivity contribution in [1.29, 1.82) is 0 Å². The lowest BCUT2D eigenvalue weighted by molar-refractivity contribution is -0.108. The summed E-state index contributed by atoms with van der Waals surface area (Å²) in [5.41, 5.74) is 1.53. The molecule has 3 aromatic carbocycles. The standard InChI is InChI=1S/C18H14O2/c19-12-17(16-7-3-4-8-18(16)20)15-10-9-13-5-1-2-6-14(13)11-15/h1-12,17,20H. The normalized spacial score (nSPS) is 12.2. The molecule has 0 saturated heterocycles. The molecule has 0 aliphatic heterocycles. The van der Waals surface area contributed by atoms with Crippen molar-refractivity contribution in [1.82, 2.24) is 0 Å². The summed E-state index contributed by atoms with van der Waals surface area (Å²) in [5.74, 6) is -0.293. The van der Waals surface area contributed by atoms with Crippen LogP contribution in [0.3, 0.4) is 0 Å². The summed E-state index contributed by atoms with van der Waals surface area (Å²) in [7, 11) is 0. The highest BCUT2D eigenvalue weighted by atomic mass is 16.3. The molecule has 2 nitrogen and oxygen atoms in total. The number of benzene rings is 3. The SMILES string of the molecule is O=CC(c1ccc2ccccc2c1)c1ccccc1O. The van der Waals surface area contributed by atoms with E-state index in [9.17, 15) is 9.90 Å². The van der Waals surface area contributed by atoms with Crippen molar-refractivity contribution in [3.05, 3.63) is 77.9 Å². The molecule has 0 spiro atoms. The van der Waals surface area contributed by atoms with Gasteiger partial charge in [0.05, 0.1) is 5.92 Å². The molecule has 0 amide bonds. The van der Waals surface area contributed by atoms with E-state index in [0.717, 1.165) is 22.6 Å². The van der Waals surface area contributed by atoms with Crippen molar-refractivity contribution in [2.75, 3.05) is 0 Å². The summed E-state index contributed by atoms with van der Waals surface area (Å²) >= 11 is 0. The number of aromatic hydroxyl groups is 1. The molecular formula is C18H14O2. The molecule has 1 N–H and O–H groups in total. The number of carbonyl (C=O) groups excluding carboxylic acids is 1. The maximum atomic E-state index is 11.5. The van der Waals surface area contributed by atoms with Crippen LogP contribution in [0.25, 0.3) is 10.8 Å². The van der Waals surface area contributed by atoms with E-state index in [2.05, 4.69) is 0 Å². The third kappa shape index (κ3) is 2.16. The Morgan fingerprint density at radius 2 is 1.55 bits per heavy atom. The van der Waals surface area contributed by atoms with Crippen molar-refractivity contribution in [2.45, 2.75) is 5.92 Å². The number of hydrogen-bond donors (Lipinski definition) is 1. The summed E-state index contributed by atoms with van der Waals surface area (Å²) in [6.07, 6.45) is 0.874. The fourth-order valence-corrected chi connectivity index (χ4v) is 2.48. The first kappa shape index (κ1) is 12.4. The van der Waals surface area contributed by atoms with Gasteiger partial charge >= 0.3 is 0 Å². The molecule has 0 heterocycles. The molecule has 0 bridgehead atoms. The molecule has 0 aliphatic rings. The Morgan fingerprint density at radius 1 is 0.850 bits per heavy atom. The Labute approximate surface area is 117 Å². The van der Waals surface area contributed by atoms with Crippen LogP contribution in [0, 0.1) is 0 Å². The predicted octanol–water partition coefficient (Wildman–Crippen LogP) is 3.88. The Bertz CT molecular complexity index is 762. The number of phenolic OH excluding ortho intramolecular Hbond substituents is 1. The number of para-hydroxylation sites is 1. The van der Waals surface area contributed by atoms with Gasteiger partial charge in [-0.25, -0.2) is 0 Å². The van der Waals surface area contributed by atoms with E-state index in [1.54, 1.807) is 18.2 Å². The molecule has 0 aliphatic carbocycles. The van der Waals surface area contributed by atoms with E-state index in [0.29, 0.717) is 5.56 Å². The highest BCUT2D eigenvalue weighted by molar-refractivity contribution is 5.84. The van der Waals surface area contributed by atoms with Gasteiger partial charge in [0.2, 0.25) is 0 Å². The number of rotatable bonds is 3. The molecule has 0 aromatic heterocycles. The first-order valence-corrected chi connectivity index (χ1v) is 6.51. The smallest absolute Gasteiger partial charge is 0.131 e. The van der Waals surface area contributed by atoms with Gasteiger partial charge in [-0.1, -0.05) is 60.7 Å². The van der Waals surface area contributed by atoms with Crippen molar-refractivity contribution in [2.24, 2.45) is 0 Å². The summed E-state index contributed by atoms with van der Waals surface area (Å²) in [4.78, 5) is 11.5. The quantitative estimate of drug-likeness (QED) is 0.727. The van der Waals surface area contributed by atoms with Crippen LogP contribution in [-0.2, 0) is 4.79 Å². The van der Waals surface area contributed by atoms with E-state index < -0.39 is 5.92 Å². The lowest BCUT2D eigenvalue weighted by atomic mass is 9.90. The second-order valence-electron chi connectivity index (χ2n) is 4.78. The van der Waals surface area contributed by atoms with Crippen LogP contribution in [0.4, 0.5) is 0 Å². The number of carbonyl (C=O) groups is 1. The van der Waals surface area contributed by atoms with Gasteiger partial charge in [-0.2, -0.15) is 0 Å². The largest absolute Gasteiger partial charge is 0.508 e. The second kappa shape index (κ2) is 5.17. The highest BCUT2D eigenvalue weighted by Gasteiger charge is 2.16. The summed E-state index contributed by atoms with van der Waals surface area (Å²) in [5, 5.41) is 12.2. The Hall–Kier alpha value is -2.61. The summed E-state index contributed by atoms with van der Waals surface area (Å²) in [6, 6.07) is 20.9. The van der Waals surface area contributed by atoms with Crippen LogP contribution in [0.1, 0.15) is 17.0 Å². The van der Waals surface area contributed by atoms with Crippen molar-refractivity contribution in [3.63, 3.8) is 0 Å². The zero-order valence-corrected chi connectivity index (χ0v) is 10.9. The molecule has 1 atom stereocenters. The van der Waals surface area contributed by atoms with Gasteiger partial charge in [0, 0.05) is 5.56 Å². The van der Waals surface area contributed by atoms with E-state index in [4.69, 9.17) is 0 Å². The van der Waals surface area contributed by atoms with Crippen LogP contribution in [0.2, 0.25) is 0 Å². The van der Waals surface area contributed by atoms with Gasteiger partial charge in [-0.15, -0.1) is 0 Å². The molecule has 2 heteroatoms. The number of aldehydes is 1. The predicted molar refractivity (Wildman–Crippen MR) is 80.0 cm³/mol. The first-order valence-electron chi connectivity index (χ1n) is 6.51. The molecule has 20 heavy (non-hydrogen) atoms. The monoisotopic (exact) mass is 262 g/mol. The van der Waals surface area contributed by atoms with Crippen LogP contribution in [-0.4, -0.2) is 11.4 Å². The number of hydrogen-bond acceptors (Lipinski definition) is 2. The van der Waals surface area contributed by atoms with E-state index in [1.807, 2.05) is 48.5 Å². The molecule has 0 saturated carbocycles. The molecular weight excluding hydrogens is 248 g/mol. The third-order valence-corrected chi connectivity index (χ3v) is 3.54. The van der Waals surface area contributed by atoms with E-state index in [-0.39, 0.29) is 5.75 Å². The Balaban J connectivity index is 2.12. The Kier molecular flexibility index (Phi) is 3.21. The molecule has 0 fully saturated rings. The zero-order chi connectivity index (χ0) is 13.9. The van der Waals surface area contributed by atoms with Crippen molar-refractivity contribution < 1.29 is 9.90 Å². The van der Waals surface area contributed by atoms with Crippen LogP contribution < -0.4 is 0 Å². The average molecular weight is 262 g/mol. The lowest BCUT2D eigenvalue weighted by Gasteiger charge is -2.13. The summed E-state index contributed by atoms with van der Waals surface area (Å²) < 4.78 is 0. The third-order valence-electron chi connectivity index (χ3n) is 3.54. The van der Waals surface area contributed by atoms with Crippen molar-refractivity contribution >= 4 is 17.1 Å². The first-order chi connectivity index (χ1) is 9.79. The zero-order valence-electron chi connectivity index (χ0n) is 10.9. The van der Waals surface area contributed by atoms with Gasteiger partial charge < -0.3 is 9.90 Å². The molecule has 0 radical (unpaired) electrons. The van der Waals surface area contributed by atoms with Gasteiger partial charge in [0.1, 0.15) is 12.0 Å². The van der Waals surface area contributed by atoms with Gasteiger partial charge in [0.15, 0.2) is 0 Å². The fraction of sp³-hybridized carbons (Fsp3) is 0.0556. The minimum Gasteiger partial charge on any atom is -0.508 e. The maximum Gasteiger partial charge on any atom is 0.131 e. The van der Waals surface area contributed by atoms with E-state index in [1.165, 1.54) is 0 Å². The van der Waals surface area contributed by atoms with Crippen LogP contribution in [0.15, 0.2) is 66.7 Å².